The third-order valence-electron chi connectivity index (χ3n) is 7.36. The summed E-state index contributed by atoms with van der Waals surface area (Å²) in [4.78, 5) is 22.0. The predicted octanol–water partition coefficient (Wildman–Crippen LogP) is 4.57. The van der Waals surface area contributed by atoms with E-state index >= 15 is 0 Å². The minimum atomic E-state index is -2.67. The Bertz CT molecular complexity index is 999. The lowest BCUT2D eigenvalue weighted by molar-refractivity contribution is -0.0495. The lowest BCUT2D eigenvalue weighted by atomic mass is 10.1. The van der Waals surface area contributed by atoms with Crippen LogP contribution in [0.5, 0.6) is 5.75 Å². The number of carbonyl (C=O) groups excluding carboxylic acids is 1. The Morgan fingerprint density at radius 3 is 2.45 bits per heavy atom. The van der Waals surface area contributed by atoms with Crippen molar-refractivity contribution in [2.75, 3.05) is 26.2 Å². The Hall–Kier alpha value is -2.22. The summed E-state index contributed by atoms with van der Waals surface area (Å²) in [5.41, 5.74) is 1.33. The molecule has 33 heavy (non-hydrogen) atoms. The Kier molecular flexibility index (Phi) is 6.05. The van der Waals surface area contributed by atoms with Gasteiger partial charge in [0.2, 0.25) is 0 Å². The maximum Gasteiger partial charge on any atom is 0.270 e. The molecule has 2 aromatic heterocycles. The standard InChI is InChI=1S/C25H34F2N4O2/c1-17(2)29-9-5-20(6-10-29)33-21-13-19-14-22(24(32)30-11-7-25(26,27)8-12-30)31(16-18-3-4-18)23(19)28-15-21/h13-15,17-18,20H,3-12,16H2,1-2H3. The fourth-order valence-corrected chi connectivity index (χ4v) is 5.01. The zero-order valence-electron chi connectivity index (χ0n) is 19.6. The SMILES string of the molecule is CC(C)N1CCC(Oc2cnc3c(c2)cc(C(=O)N2CCC(F)(F)CC2)n3CC2CC2)CC1. The number of rotatable bonds is 6. The first-order chi connectivity index (χ1) is 15.8. The number of pyridine rings is 1. The zero-order valence-corrected chi connectivity index (χ0v) is 19.6. The van der Waals surface area contributed by atoms with Gasteiger partial charge in [0.05, 0.1) is 6.20 Å². The summed E-state index contributed by atoms with van der Waals surface area (Å²) < 4.78 is 35.4. The van der Waals surface area contributed by atoms with Gasteiger partial charge in [0, 0.05) is 57.0 Å². The summed E-state index contributed by atoms with van der Waals surface area (Å²) in [7, 11) is 0. The summed E-state index contributed by atoms with van der Waals surface area (Å²) in [5.74, 6) is -1.56. The molecular formula is C25H34F2N4O2. The lowest BCUT2D eigenvalue weighted by Crippen LogP contribution is -2.43. The number of alkyl halides is 2. The number of piperidine rings is 2. The number of hydrogen-bond donors (Lipinski definition) is 0. The third kappa shape index (κ3) is 5.00. The molecule has 2 saturated heterocycles. The maximum absolute atomic E-state index is 13.6. The number of hydrogen-bond acceptors (Lipinski definition) is 4. The summed E-state index contributed by atoms with van der Waals surface area (Å²) in [6, 6.07) is 4.40. The van der Waals surface area contributed by atoms with E-state index < -0.39 is 5.92 Å². The topological polar surface area (TPSA) is 50.6 Å². The number of likely N-dealkylation sites (tertiary alicyclic amines) is 2. The second-order valence-corrected chi connectivity index (χ2v) is 10.3. The summed E-state index contributed by atoms with van der Waals surface area (Å²) >= 11 is 0. The second kappa shape index (κ2) is 8.85. The van der Waals surface area contributed by atoms with Crippen molar-refractivity contribution >= 4 is 16.9 Å². The highest BCUT2D eigenvalue weighted by Crippen LogP contribution is 2.35. The molecule has 3 aliphatic rings. The van der Waals surface area contributed by atoms with Gasteiger partial charge in [0.25, 0.3) is 11.8 Å². The largest absolute Gasteiger partial charge is 0.489 e. The molecule has 2 aliphatic heterocycles. The van der Waals surface area contributed by atoms with Crippen molar-refractivity contribution in [3.05, 3.63) is 24.0 Å². The Morgan fingerprint density at radius 2 is 1.82 bits per heavy atom. The fourth-order valence-electron chi connectivity index (χ4n) is 5.01. The molecule has 1 saturated carbocycles. The molecule has 1 amide bonds. The van der Waals surface area contributed by atoms with E-state index in [1.807, 2.05) is 16.7 Å². The van der Waals surface area contributed by atoms with Crippen LogP contribution in [0.2, 0.25) is 0 Å². The van der Waals surface area contributed by atoms with Crippen LogP contribution in [-0.4, -0.2) is 69.5 Å². The number of ether oxygens (including phenoxy) is 1. The molecular weight excluding hydrogens is 426 g/mol. The van der Waals surface area contributed by atoms with Crippen LogP contribution in [0.1, 0.15) is 62.9 Å². The van der Waals surface area contributed by atoms with Crippen LogP contribution in [0.25, 0.3) is 11.0 Å². The molecule has 0 spiro atoms. The molecule has 0 atom stereocenters. The highest BCUT2D eigenvalue weighted by Gasteiger charge is 2.37. The number of amides is 1. The van der Waals surface area contributed by atoms with Crippen LogP contribution in [0.4, 0.5) is 8.78 Å². The zero-order chi connectivity index (χ0) is 23.2. The van der Waals surface area contributed by atoms with Gasteiger partial charge >= 0.3 is 0 Å². The van der Waals surface area contributed by atoms with Crippen molar-refractivity contribution in [2.24, 2.45) is 5.92 Å². The number of halogens is 2. The smallest absolute Gasteiger partial charge is 0.270 e. The van der Waals surface area contributed by atoms with Crippen molar-refractivity contribution in [2.45, 2.75) is 77.0 Å². The van der Waals surface area contributed by atoms with Crippen LogP contribution >= 0.6 is 0 Å². The molecule has 0 unspecified atom stereocenters. The van der Waals surface area contributed by atoms with Crippen molar-refractivity contribution in [3.63, 3.8) is 0 Å². The van der Waals surface area contributed by atoms with Crippen LogP contribution in [0.15, 0.2) is 18.3 Å². The highest BCUT2D eigenvalue weighted by molar-refractivity contribution is 5.98. The molecule has 4 heterocycles. The summed E-state index contributed by atoms with van der Waals surface area (Å²) in [6.07, 6.45) is 5.67. The minimum Gasteiger partial charge on any atom is -0.489 e. The van der Waals surface area contributed by atoms with E-state index in [2.05, 4.69) is 23.7 Å². The van der Waals surface area contributed by atoms with E-state index in [1.165, 1.54) is 0 Å². The molecule has 5 rings (SSSR count). The van der Waals surface area contributed by atoms with Gasteiger partial charge in [-0.3, -0.25) is 4.79 Å². The molecule has 8 heteroatoms. The predicted molar refractivity (Wildman–Crippen MR) is 123 cm³/mol. The van der Waals surface area contributed by atoms with Gasteiger partial charge in [-0.2, -0.15) is 0 Å². The number of aromatic nitrogens is 2. The molecule has 6 nitrogen and oxygen atoms in total. The van der Waals surface area contributed by atoms with Crippen molar-refractivity contribution in [1.29, 1.82) is 0 Å². The van der Waals surface area contributed by atoms with Gasteiger partial charge < -0.3 is 19.1 Å². The third-order valence-corrected chi connectivity index (χ3v) is 7.36. The molecule has 0 bridgehead atoms. The Morgan fingerprint density at radius 1 is 1.12 bits per heavy atom. The molecule has 2 aromatic rings. The lowest BCUT2D eigenvalue weighted by Gasteiger charge is -2.34. The van der Waals surface area contributed by atoms with Gasteiger partial charge in [0.1, 0.15) is 23.2 Å². The minimum absolute atomic E-state index is 0.0909. The van der Waals surface area contributed by atoms with Gasteiger partial charge in [-0.1, -0.05) is 0 Å². The fraction of sp³-hybridized carbons (Fsp3) is 0.680. The molecule has 3 fully saturated rings. The normalized spacial score (nSPS) is 22.3. The number of fused-ring (bicyclic) bond motifs is 1. The molecule has 0 radical (unpaired) electrons. The van der Waals surface area contributed by atoms with Crippen molar-refractivity contribution in [3.8, 4) is 5.75 Å². The highest BCUT2D eigenvalue weighted by atomic mass is 19.3. The van der Waals surface area contributed by atoms with Crippen LogP contribution < -0.4 is 4.74 Å². The molecule has 0 N–H and O–H groups in total. The van der Waals surface area contributed by atoms with Crippen LogP contribution in [0.3, 0.4) is 0 Å². The van der Waals surface area contributed by atoms with E-state index in [0.717, 1.165) is 62.1 Å². The monoisotopic (exact) mass is 460 g/mol. The summed E-state index contributed by atoms with van der Waals surface area (Å²) in [5, 5.41) is 0.874. The van der Waals surface area contributed by atoms with Crippen LogP contribution in [-0.2, 0) is 6.54 Å². The average molecular weight is 461 g/mol. The first-order valence-corrected chi connectivity index (χ1v) is 12.4. The van der Waals surface area contributed by atoms with E-state index in [9.17, 15) is 13.6 Å². The maximum atomic E-state index is 13.6. The Balaban J connectivity index is 1.35. The van der Waals surface area contributed by atoms with Crippen LogP contribution in [0, 0.1) is 5.92 Å². The van der Waals surface area contributed by atoms with Gasteiger partial charge in [0.15, 0.2) is 0 Å². The molecule has 180 valence electrons. The van der Waals surface area contributed by atoms with Gasteiger partial charge in [-0.15, -0.1) is 0 Å². The van der Waals surface area contributed by atoms with E-state index in [4.69, 9.17) is 4.74 Å². The van der Waals surface area contributed by atoms with Gasteiger partial charge in [-0.25, -0.2) is 13.8 Å². The first kappa shape index (κ1) is 22.6. The Labute approximate surface area is 193 Å². The molecule has 1 aliphatic carbocycles. The second-order valence-electron chi connectivity index (χ2n) is 10.3. The number of nitrogens with zero attached hydrogens (tertiary/aromatic N) is 4. The quantitative estimate of drug-likeness (QED) is 0.634. The van der Waals surface area contributed by atoms with Crippen molar-refractivity contribution in [1.82, 2.24) is 19.4 Å². The van der Waals surface area contributed by atoms with Gasteiger partial charge in [-0.05, 0) is 57.6 Å². The van der Waals surface area contributed by atoms with E-state index in [0.29, 0.717) is 17.7 Å². The van der Waals surface area contributed by atoms with Crippen molar-refractivity contribution < 1.29 is 18.3 Å². The summed E-state index contributed by atoms with van der Waals surface area (Å²) in [6.45, 7) is 7.43. The average Bonchev–Trinajstić information content (AvgIpc) is 3.54. The first-order valence-electron chi connectivity index (χ1n) is 12.4. The molecule has 0 aromatic carbocycles. The van der Waals surface area contributed by atoms with E-state index in [1.54, 1.807) is 11.1 Å². The van der Waals surface area contributed by atoms with E-state index in [-0.39, 0.29) is 37.9 Å². The number of carbonyl (C=O) groups is 1.